The number of morpholine rings is 1. The lowest BCUT2D eigenvalue weighted by Gasteiger charge is -2.26. The molecule has 0 spiro atoms. The summed E-state index contributed by atoms with van der Waals surface area (Å²) in [5.41, 5.74) is 1.50. The minimum absolute atomic E-state index is 0.0319. The predicted molar refractivity (Wildman–Crippen MR) is 87.3 cm³/mol. The van der Waals surface area contributed by atoms with Crippen LogP contribution in [0.2, 0.25) is 0 Å². The van der Waals surface area contributed by atoms with E-state index in [1.807, 2.05) is 32.0 Å². The predicted octanol–water partition coefficient (Wildman–Crippen LogP) is 0.458. The van der Waals surface area contributed by atoms with Crippen molar-refractivity contribution in [2.45, 2.75) is 25.9 Å². The van der Waals surface area contributed by atoms with E-state index in [-0.39, 0.29) is 11.9 Å². The Hall–Kier alpha value is -2.41. The lowest BCUT2D eigenvalue weighted by molar-refractivity contribution is -0.149. The number of carbonyl (C=O) groups excluding carboxylic acids is 3. The summed E-state index contributed by atoms with van der Waals surface area (Å²) in [6, 6.07) is 6.48. The molecule has 1 atom stereocenters. The van der Waals surface area contributed by atoms with Crippen molar-refractivity contribution >= 4 is 23.4 Å². The van der Waals surface area contributed by atoms with Crippen molar-refractivity contribution in [2.24, 2.45) is 0 Å². The van der Waals surface area contributed by atoms with Crippen molar-refractivity contribution in [2.75, 3.05) is 31.2 Å². The number of carbonyl (C=O) groups is 3. The second kappa shape index (κ2) is 6.60. The molecule has 3 rings (SSSR count). The van der Waals surface area contributed by atoms with E-state index >= 15 is 0 Å². The van der Waals surface area contributed by atoms with Gasteiger partial charge in [0.25, 0.3) is 5.91 Å². The number of para-hydroxylation sites is 1. The van der Waals surface area contributed by atoms with E-state index < -0.39 is 17.9 Å². The summed E-state index contributed by atoms with van der Waals surface area (Å²) in [4.78, 5) is 40.4. The van der Waals surface area contributed by atoms with Crippen LogP contribution in [0.15, 0.2) is 24.3 Å². The Kier molecular flexibility index (Phi) is 4.53. The number of fused-ring (bicyclic) bond motifs is 1. The molecule has 2 heterocycles. The SMILES string of the molecule is CC(C)N1C(=O)C(NC(=O)C(=O)N2CCOCC2)c2ccccc21. The van der Waals surface area contributed by atoms with Crippen molar-refractivity contribution < 1.29 is 19.1 Å². The third-order valence-electron chi connectivity index (χ3n) is 4.28. The molecule has 7 nitrogen and oxygen atoms in total. The molecule has 0 aromatic heterocycles. The first kappa shape index (κ1) is 16.4. The third kappa shape index (κ3) is 2.87. The third-order valence-corrected chi connectivity index (χ3v) is 4.28. The molecule has 128 valence electrons. The molecule has 1 N–H and O–H groups in total. The van der Waals surface area contributed by atoms with Crippen LogP contribution in [0.1, 0.15) is 25.5 Å². The van der Waals surface area contributed by atoms with Gasteiger partial charge in [-0.25, -0.2) is 0 Å². The van der Waals surface area contributed by atoms with E-state index in [0.29, 0.717) is 26.3 Å². The Bertz CT molecular complexity index is 668. The molecule has 1 saturated heterocycles. The minimum Gasteiger partial charge on any atom is -0.378 e. The number of ether oxygens (including phenoxy) is 1. The van der Waals surface area contributed by atoms with Crippen LogP contribution in [0.3, 0.4) is 0 Å². The lowest BCUT2D eigenvalue weighted by atomic mass is 10.1. The zero-order valence-corrected chi connectivity index (χ0v) is 13.8. The van der Waals surface area contributed by atoms with E-state index in [2.05, 4.69) is 5.32 Å². The Balaban J connectivity index is 1.78. The zero-order chi connectivity index (χ0) is 17.3. The van der Waals surface area contributed by atoms with Crippen LogP contribution in [0.5, 0.6) is 0 Å². The van der Waals surface area contributed by atoms with Gasteiger partial charge in [-0.1, -0.05) is 18.2 Å². The van der Waals surface area contributed by atoms with Crippen molar-refractivity contribution in [1.29, 1.82) is 0 Å². The average molecular weight is 331 g/mol. The Labute approximate surface area is 140 Å². The second-order valence-electron chi connectivity index (χ2n) is 6.17. The summed E-state index contributed by atoms with van der Waals surface area (Å²) in [6.07, 6.45) is 0. The number of benzene rings is 1. The van der Waals surface area contributed by atoms with Gasteiger partial charge in [0, 0.05) is 30.4 Å². The van der Waals surface area contributed by atoms with Gasteiger partial charge in [0.2, 0.25) is 0 Å². The average Bonchev–Trinajstić information content (AvgIpc) is 2.87. The van der Waals surface area contributed by atoms with Gasteiger partial charge in [0.15, 0.2) is 0 Å². The van der Waals surface area contributed by atoms with Crippen LogP contribution in [-0.2, 0) is 19.1 Å². The van der Waals surface area contributed by atoms with Gasteiger partial charge in [-0.05, 0) is 19.9 Å². The first-order chi connectivity index (χ1) is 11.5. The van der Waals surface area contributed by atoms with Crippen LogP contribution in [-0.4, -0.2) is 55.0 Å². The van der Waals surface area contributed by atoms with Gasteiger partial charge in [-0.3, -0.25) is 14.4 Å². The highest BCUT2D eigenvalue weighted by atomic mass is 16.5. The molecule has 1 aromatic rings. The van der Waals surface area contributed by atoms with Gasteiger partial charge < -0.3 is 19.9 Å². The maximum Gasteiger partial charge on any atom is 0.312 e. The van der Waals surface area contributed by atoms with Gasteiger partial charge in [0.05, 0.1) is 13.2 Å². The Morgan fingerprint density at radius 1 is 1.21 bits per heavy atom. The molecule has 1 unspecified atom stereocenters. The van der Waals surface area contributed by atoms with Gasteiger partial charge in [-0.15, -0.1) is 0 Å². The number of nitrogens with zero attached hydrogens (tertiary/aromatic N) is 2. The highest BCUT2D eigenvalue weighted by Crippen LogP contribution is 2.36. The molecule has 2 aliphatic heterocycles. The molecule has 3 amide bonds. The van der Waals surface area contributed by atoms with E-state index in [1.54, 1.807) is 11.0 Å². The van der Waals surface area contributed by atoms with Crippen molar-refractivity contribution in [3.63, 3.8) is 0 Å². The molecule has 0 saturated carbocycles. The summed E-state index contributed by atoms with van der Waals surface area (Å²) in [5.74, 6) is -1.59. The van der Waals surface area contributed by atoms with E-state index in [4.69, 9.17) is 4.74 Å². The van der Waals surface area contributed by atoms with Gasteiger partial charge in [-0.2, -0.15) is 0 Å². The van der Waals surface area contributed by atoms with E-state index in [1.165, 1.54) is 4.90 Å². The summed E-state index contributed by atoms with van der Waals surface area (Å²) in [5, 5.41) is 2.60. The topological polar surface area (TPSA) is 79.0 Å². The number of nitrogens with one attached hydrogen (secondary N) is 1. The molecule has 0 aliphatic carbocycles. The fourth-order valence-electron chi connectivity index (χ4n) is 3.12. The smallest absolute Gasteiger partial charge is 0.312 e. The van der Waals surface area contributed by atoms with Crippen molar-refractivity contribution in [3.05, 3.63) is 29.8 Å². The quantitative estimate of drug-likeness (QED) is 0.799. The fourth-order valence-corrected chi connectivity index (χ4v) is 3.12. The van der Waals surface area contributed by atoms with E-state index in [0.717, 1.165) is 11.3 Å². The van der Waals surface area contributed by atoms with Crippen LogP contribution >= 0.6 is 0 Å². The maximum atomic E-state index is 12.7. The molecule has 0 bridgehead atoms. The van der Waals surface area contributed by atoms with Gasteiger partial charge in [0.1, 0.15) is 6.04 Å². The van der Waals surface area contributed by atoms with Crippen molar-refractivity contribution in [3.8, 4) is 0 Å². The summed E-state index contributed by atoms with van der Waals surface area (Å²) in [7, 11) is 0. The molecule has 2 aliphatic rings. The van der Waals surface area contributed by atoms with Crippen LogP contribution in [0.4, 0.5) is 5.69 Å². The Morgan fingerprint density at radius 3 is 2.54 bits per heavy atom. The highest BCUT2D eigenvalue weighted by molar-refractivity contribution is 6.35. The first-order valence-electron chi connectivity index (χ1n) is 8.10. The number of rotatable bonds is 2. The molecular weight excluding hydrogens is 310 g/mol. The first-order valence-corrected chi connectivity index (χ1v) is 8.10. The minimum atomic E-state index is -0.818. The Morgan fingerprint density at radius 2 is 1.88 bits per heavy atom. The number of anilines is 1. The van der Waals surface area contributed by atoms with Gasteiger partial charge >= 0.3 is 11.8 Å². The number of hydrogen-bond acceptors (Lipinski definition) is 4. The molecule has 7 heteroatoms. The van der Waals surface area contributed by atoms with Crippen molar-refractivity contribution in [1.82, 2.24) is 10.2 Å². The second-order valence-corrected chi connectivity index (χ2v) is 6.17. The number of amides is 3. The fraction of sp³-hybridized carbons (Fsp3) is 0.471. The normalized spacial score (nSPS) is 20.3. The van der Waals surface area contributed by atoms with Crippen LogP contribution in [0, 0.1) is 0 Å². The van der Waals surface area contributed by atoms with E-state index in [9.17, 15) is 14.4 Å². The van der Waals surface area contributed by atoms with Crippen LogP contribution < -0.4 is 10.2 Å². The maximum absolute atomic E-state index is 12.7. The summed E-state index contributed by atoms with van der Waals surface area (Å²) < 4.78 is 5.18. The standard InChI is InChI=1S/C17H21N3O4/c1-11(2)20-13-6-4-3-5-12(13)14(16(20)22)18-15(21)17(23)19-7-9-24-10-8-19/h3-6,11,14H,7-10H2,1-2H3,(H,18,21). The lowest BCUT2D eigenvalue weighted by Crippen LogP contribution is -2.50. The zero-order valence-electron chi connectivity index (χ0n) is 13.8. The number of hydrogen-bond donors (Lipinski definition) is 1. The molecule has 1 aromatic carbocycles. The molecule has 24 heavy (non-hydrogen) atoms. The highest BCUT2D eigenvalue weighted by Gasteiger charge is 2.40. The largest absolute Gasteiger partial charge is 0.378 e. The summed E-state index contributed by atoms with van der Waals surface area (Å²) >= 11 is 0. The molecule has 0 radical (unpaired) electrons. The molecular formula is C17H21N3O4. The molecule has 1 fully saturated rings. The van der Waals surface area contributed by atoms with Crippen LogP contribution in [0.25, 0.3) is 0 Å². The summed E-state index contributed by atoms with van der Waals surface area (Å²) in [6.45, 7) is 5.45. The monoisotopic (exact) mass is 331 g/mol.